The van der Waals surface area contributed by atoms with E-state index in [2.05, 4.69) is 15.3 Å². The van der Waals surface area contributed by atoms with Crippen LogP contribution in [0.25, 0.3) is 11.0 Å². The molecule has 212 valence electrons. The highest BCUT2D eigenvalue weighted by Gasteiger charge is 2.28. The Morgan fingerprint density at radius 3 is 2.50 bits per heavy atom. The number of fused-ring (bicyclic) bond motifs is 1. The molecule has 0 saturated heterocycles. The lowest BCUT2D eigenvalue weighted by Crippen LogP contribution is -2.46. The van der Waals surface area contributed by atoms with Crippen molar-refractivity contribution < 1.29 is 32.5 Å². The van der Waals surface area contributed by atoms with E-state index in [1.807, 2.05) is 50.6 Å². The fourth-order valence-electron chi connectivity index (χ4n) is 4.13. The Balaban J connectivity index is 1.50. The summed E-state index contributed by atoms with van der Waals surface area (Å²) in [5.74, 6) is 1.46. The molecule has 4 aromatic rings. The molecule has 0 aliphatic carbocycles. The summed E-state index contributed by atoms with van der Waals surface area (Å²) in [6.07, 6.45) is -2.12. The highest BCUT2D eigenvalue weighted by molar-refractivity contribution is 5.88. The average molecular weight is 558 g/mol. The lowest BCUT2D eigenvalue weighted by atomic mass is 10.1. The summed E-state index contributed by atoms with van der Waals surface area (Å²) in [5, 5.41) is 12.9. The lowest BCUT2D eigenvalue weighted by Gasteiger charge is -2.33. The van der Waals surface area contributed by atoms with Crippen LogP contribution >= 0.6 is 0 Å². The van der Waals surface area contributed by atoms with Gasteiger partial charge in [-0.1, -0.05) is 6.07 Å². The third kappa shape index (κ3) is 7.13. The molecule has 12 heteroatoms. The minimum Gasteiger partial charge on any atom is -0.484 e. The molecule has 1 amide bonds. The van der Waals surface area contributed by atoms with E-state index in [1.54, 1.807) is 24.3 Å². The van der Waals surface area contributed by atoms with Gasteiger partial charge in [0.1, 0.15) is 29.1 Å². The molecule has 0 radical (unpaired) electrons. The standard InChI is InChI=1S/C28H30F3N5O4/c1-18-14-19(8-9-23(18)40-21-7-5-6-20(15-21)39-16-28(29,30)31)34-25-24-22(32-17-33-25)10-11-35(24)12-13-36(26(37)38)27(2,3)4/h5-11,14-15,17H,12-13,16H2,1-4H3,(H,37,38)(H,32,33,34). The van der Waals surface area contributed by atoms with E-state index in [0.29, 0.717) is 29.4 Å². The number of anilines is 2. The summed E-state index contributed by atoms with van der Waals surface area (Å²) in [4.78, 5) is 21.9. The molecule has 0 spiro atoms. The highest BCUT2D eigenvalue weighted by Crippen LogP contribution is 2.32. The van der Waals surface area contributed by atoms with Gasteiger partial charge in [-0.2, -0.15) is 13.2 Å². The molecule has 2 heterocycles. The van der Waals surface area contributed by atoms with Gasteiger partial charge >= 0.3 is 12.3 Å². The van der Waals surface area contributed by atoms with E-state index in [9.17, 15) is 23.1 Å². The van der Waals surface area contributed by atoms with Crippen LogP contribution in [0.4, 0.5) is 29.5 Å². The van der Waals surface area contributed by atoms with E-state index in [1.165, 1.54) is 23.4 Å². The molecule has 0 atom stereocenters. The third-order valence-corrected chi connectivity index (χ3v) is 6.03. The summed E-state index contributed by atoms with van der Waals surface area (Å²) in [5.41, 5.74) is 2.39. The van der Waals surface area contributed by atoms with Crippen LogP contribution in [0.3, 0.4) is 0 Å². The third-order valence-electron chi connectivity index (χ3n) is 6.03. The maximum Gasteiger partial charge on any atom is 0.422 e. The zero-order valence-electron chi connectivity index (χ0n) is 22.5. The zero-order chi connectivity index (χ0) is 29.1. The molecule has 0 bridgehead atoms. The van der Waals surface area contributed by atoms with Crippen LogP contribution in [0.15, 0.2) is 61.1 Å². The van der Waals surface area contributed by atoms with Crippen molar-refractivity contribution in [2.45, 2.75) is 46.0 Å². The second-order valence-electron chi connectivity index (χ2n) is 10.2. The summed E-state index contributed by atoms with van der Waals surface area (Å²) in [6.45, 7) is 6.69. The molecule has 0 aliphatic rings. The van der Waals surface area contributed by atoms with Gasteiger partial charge in [0, 0.05) is 36.6 Å². The van der Waals surface area contributed by atoms with Gasteiger partial charge in [-0.25, -0.2) is 14.8 Å². The Hall–Kier alpha value is -4.48. The molecule has 2 N–H and O–H groups in total. The smallest absolute Gasteiger partial charge is 0.422 e. The van der Waals surface area contributed by atoms with Gasteiger partial charge in [0.25, 0.3) is 0 Å². The quantitative estimate of drug-likeness (QED) is 0.229. The number of aromatic nitrogens is 3. The minimum atomic E-state index is -4.43. The van der Waals surface area contributed by atoms with Crippen LogP contribution in [0.1, 0.15) is 26.3 Å². The Morgan fingerprint density at radius 1 is 1.07 bits per heavy atom. The number of alkyl halides is 3. The predicted molar refractivity (Wildman–Crippen MR) is 145 cm³/mol. The molecule has 4 rings (SSSR count). The topological polar surface area (TPSA) is 102 Å². The van der Waals surface area contributed by atoms with Gasteiger partial charge in [0.15, 0.2) is 12.4 Å². The Kier molecular flexibility index (Phi) is 8.08. The molecule has 2 aromatic carbocycles. The minimum absolute atomic E-state index is 0.0514. The molecular formula is C28H30F3N5O4. The first kappa shape index (κ1) is 28.5. The van der Waals surface area contributed by atoms with Crippen LogP contribution in [-0.2, 0) is 6.54 Å². The van der Waals surface area contributed by atoms with Crippen molar-refractivity contribution in [3.8, 4) is 17.2 Å². The maximum atomic E-state index is 12.5. The number of nitrogens with zero attached hydrogens (tertiary/aromatic N) is 4. The summed E-state index contributed by atoms with van der Waals surface area (Å²) in [7, 11) is 0. The number of nitrogens with one attached hydrogen (secondary N) is 1. The van der Waals surface area contributed by atoms with Crippen molar-refractivity contribution in [3.63, 3.8) is 0 Å². The Bertz CT molecular complexity index is 1500. The van der Waals surface area contributed by atoms with Crippen LogP contribution in [-0.4, -0.2) is 55.5 Å². The van der Waals surface area contributed by atoms with Gasteiger partial charge in [-0.05, 0) is 69.7 Å². The van der Waals surface area contributed by atoms with Crippen LogP contribution < -0.4 is 14.8 Å². The number of ether oxygens (including phenoxy) is 2. The number of hydrogen-bond donors (Lipinski definition) is 2. The van der Waals surface area contributed by atoms with E-state index in [-0.39, 0.29) is 12.3 Å². The number of hydrogen-bond acceptors (Lipinski definition) is 6. The first-order chi connectivity index (χ1) is 18.8. The van der Waals surface area contributed by atoms with Gasteiger partial charge in [-0.3, -0.25) is 0 Å². The molecule has 0 fully saturated rings. The Morgan fingerprint density at radius 2 is 1.82 bits per heavy atom. The maximum absolute atomic E-state index is 12.5. The molecule has 0 unspecified atom stereocenters. The molecule has 0 saturated carbocycles. The van der Waals surface area contributed by atoms with Crippen LogP contribution in [0.5, 0.6) is 17.2 Å². The van der Waals surface area contributed by atoms with Crippen molar-refractivity contribution in [3.05, 3.63) is 66.6 Å². The number of aryl methyl sites for hydroxylation is 1. The number of amides is 1. The number of carboxylic acid groups (broad SMARTS) is 1. The van der Waals surface area contributed by atoms with E-state index in [0.717, 1.165) is 16.8 Å². The fraction of sp³-hybridized carbons (Fsp3) is 0.321. The first-order valence-corrected chi connectivity index (χ1v) is 12.5. The van der Waals surface area contributed by atoms with Gasteiger partial charge < -0.3 is 29.4 Å². The largest absolute Gasteiger partial charge is 0.484 e. The average Bonchev–Trinajstić information content (AvgIpc) is 3.27. The second-order valence-corrected chi connectivity index (χ2v) is 10.2. The summed E-state index contributed by atoms with van der Waals surface area (Å²) in [6, 6.07) is 13.2. The molecule has 2 aromatic heterocycles. The van der Waals surface area contributed by atoms with Crippen LogP contribution in [0, 0.1) is 6.92 Å². The molecule has 9 nitrogen and oxygen atoms in total. The van der Waals surface area contributed by atoms with E-state index >= 15 is 0 Å². The normalized spacial score (nSPS) is 11.9. The number of carbonyl (C=O) groups is 1. The van der Waals surface area contributed by atoms with E-state index in [4.69, 9.17) is 9.47 Å². The molecule has 40 heavy (non-hydrogen) atoms. The van der Waals surface area contributed by atoms with Crippen molar-refractivity contribution in [1.29, 1.82) is 0 Å². The van der Waals surface area contributed by atoms with Gasteiger partial charge in [0.2, 0.25) is 0 Å². The van der Waals surface area contributed by atoms with Crippen molar-refractivity contribution in [2.24, 2.45) is 0 Å². The monoisotopic (exact) mass is 557 g/mol. The number of benzene rings is 2. The number of rotatable bonds is 9. The summed E-state index contributed by atoms with van der Waals surface area (Å²) >= 11 is 0. The summed E-state index contributed by atoms with van der Waals surface area (Å²) < 4.78 is 50.0. The Labute approximate surface area is 229 Å². The van der Waals surface area contributed by atoms with Crippen molar-refractivity contribution in [1.82, 2.24) is 19.4 Å². The predicted octanol–water partition coefficient (Wildman–Crippen LogP) is 7.00. The van der Waals surface area contributed by atoms with Gasteiger partial charge in [0.05, 0.1) is 5.52 Å². The SMILES string of the molecule is Cc1cc(Nc2ncnc3ccn(CCN(C(=O)O)C(C)(C)C)c23)ccc1Oc1cccc(OCC(F)(F)F)c1. The van der Waals surface area contributed by atoms with Gasteiger partial charge in [-0.15, -0.1) is 0 Å². The first-order valence-electron chi connectivity index (χ1n) is 12.5. The second kappa shape index (κ2) is 11.3. The molecular weight excluding hydrogens is 527 g/mol. The van der Waals surface area contributed by atoms with Crippen molar-refractivity contribution in [2.75, 3.05) is 18.5 Å². The number of halogens is 3. The van der Waals surface area contributed by atoms with Crippen molar-refractivity contribution >= 4 is 28.6 Å². The zero-order valence-corrected chi connectivity index (χ0v) is 22.5. The van der Waals surface area contributed by atoms with Crippen LogP contribution in [0.2, 0.25) is 0 Å². The van der Waals surface area contributed by atoms with E-state index < -0.39 is 24.4 Å². The fourth-order valence-corrected chi connectivity index (χ4v) is 4.13. The molecule has 0 aliphatic heterocycles. The highest BCUT2D eigenvalue weighted by atomic mass is 19.4. The lowest BCUT2D eigenvalue weighted by molar-refractivity contribution is -0.153.